The first kappa shape index (κ1) is 16.0. The SMILES string of the molecule is COc1ccc([N+](=O)[O-])c(C2(NC(=O)OC(C)(C)C)CC2)n1. The maximum Gasteiger partial charge on any atom is 0.408 e. The van der Waals surface area contributed by atoms with Crippen molar-refractivity contribution in [3.8, 4) is 5.88 Å². The number of carbonyl (C=O) groups excluding carboxylic acids is 1. The van der Waals surface area contributed by atoms with E-state index in [1.54, 1.807) is 20.8 Å². The van der Waals surface area contributed by atoms with Gasteiger partial charge in [-0.2, -0.15) is 0 Å². The lowest BCUT2D eigenvalue weighted by Gasteiger charge is -2.23. The Balaban J connectivity index is 2.30. The van der Waals surface area contributed by atoms with Gasteiger partial charge in [0, 0.05) is 12.1 Å². The molecule has 0 radical (unpaired) electrons. The van der Waals surface area contributed by atoms with Crippen LogP contribution in [0.5, 0.6) is 5.88 Å². The summed E-state index contributed by atoms with van der Waals surface area (Å²) in [6.45, 7) is 5.25. The van der Waals surface area contributed by atoms with Crippen molar-refractivity contribution in [2.45, 2.75) is 44.8 Å². The molecule has 0 aliphatic heterocycles. The van der Waals surface area contributed by atoms with E-state index in [1.807, 2.05) is 0 Å². The van der Waals surface area contributed by atoms with Crippen molar-refractivity contribution in [2.75, 3.05) is 7.11 Å². The summed E-state index contributed by atoms with van der Waals surface area (Å²) in [7, 11) is 1.43. The normalized spacial score (nSPS) is 15.8. The largest absolute Gasteiger partial charge is 0.481 e. The maximum atomic E-state index is 12.0. The predicted octanol–water partition coefficient (Wildman–Crippen LogP) is 2.51. The van der Waals surface area contributed by atoms with Crippen molar-refractivity contribution in [1.29, 1.82) is 0 Å². The summed E-state index contributed by atoms with van der Waals surface area (Å²) < 4.78 is 10.2. The molecule has 1 aliphatic rings. The number of carbonyl (C=O) groups is 1. The zero-order valence-electron chi connectivity index (χ0n) is 13.0. The van der Waals surface area contributed by atoms with E-state index in [1.165, 1.54) is 19.2 Å². The van der Waals surface area contributed by atoms with Gasteiger partial charge in [-0.15, -0.1) is 0 Å². The van der Waals surface area contributed by atoms with E-state index in [2.05, 4.69) is 10.3 Å². The number of nitrogens with one attached hydrogen (secondary N) is 1. The number of amides is 1. The number of ether oxygens (including phenoxy) is 2. The lowest BCUT2D eigenvalue weighted by molar-refractivity contribution is -0.386. The van der Waals surface area contributed by atoms with Crippen LogP contribution in [-0.2, 0) is 10.3 Å². The minimum atomic E-state index is -0.862. The van der Waals surface area contributed by atoms with Gasteiger partial charge < -0.3 is 14.8 Å². The molecule has 0 saturated heterocycles. The number of rotatable bonds is 4. The second kappa shape index (κ2) is 5.43. The molecule has 0 unspecified atom stereocenters. The van der Waals surface area contributed by atoms with Gasteiger partial charge in [0.2, 0.25) is 5.88 Å². The standard InChI is InChI=1S/C14H19N3O5/c1-13(2,3)22-12(18)16-14(7-8-14)11-9(17(19)20)5-6-10(15-11)21-4/h5-6H,7-8H2,1-4H3,(H,16,18). The molecule has 1 heterocycles. The van der Waals surface area contributed by atoms with Crippen molar-refractivity contribution in [3.63, 3.8) is 0 Å². The molecule has 0 atom stereocenters. The third-order valence-corrected chi connectivity index (χ3v) is 3.20. The number of nitro groups is 1. The molecule has 8 nitrogen and oxygen atoms in total. The summed E-state index contributed by atoms with van der Waals surface area (Å²) >= 11 is 0. The topological polar surface area (TPSA) is 104 Å². The van der Waals surface area contributed by atoms with E-state index >= 15 is 0 Å². The zero-order chi connectivity index (χ0) is 16.5. The number of nitrogens with zero attached hydrogens (tertiary/aromatic N) is 2. The van der Waals surface area contributed by atoms with Crippen molar-refractivity contribution >= 4 is 11.8 Å². The van der Waals surface area contributed by atoms with Crippen molar-refractivity contribution in [2.24, 2.45) is 0 Å². The Labute approximate surface area is 128 Å². The first-order chi connectivity index (χ1) is 10.2. The van der Waals surface area contributed by atoms with Crippen molar-refractivity contribution in [1.82, 2.24) is 10.3 Å². The van der Waals surface area contributed by atoms with Crippen LogP contribution in [0.2, 0.25) is 0 Å². The first-order valence-corrected chi connectivity index (χ1v) is 6.88. The monoisotopic (exact) mass is 309 g/mol. The molecule has 8 heteroatoms. The van der Waals surface area contributed by atoms with Gasteiger partial charge in [0.1, 0.15) is 11.3 Å². The van der Waals surface area contributed by atoms with Gasteiger partial charge in [-0.05, 0) is 33.6 Å². The van der Waals surface area contributed by atoms with Crippen LogP contribution in [-0.4, -0.2) is 28.7 Å². The highest BCUT2D eigenvalue weighted by Gasteiger charge is 2.52. The number of aromatic nitrogens is 1. The zero-order valence-corrected chi connectivity index (χ0v) is 13.0. The van der Waals surface area contributed by atoms with Gasteiger partial charge in [0.15, 0.2) is 0 Å². The maximum absolute atomic E-state index is 12.0. The number of alkyl carbamates (subject to hydrolysis) is 1. The Morgan fingerprint density at radius 2 is 2.05 bits per heavy atom. The summed E-state index contributed by atoms with van der Waals surface area (Å²) in [5.41, 5.74) is -1.45. The van der Waals surface area contributed by atoms with E-state index in [9.17, 15) is 14.9 Å². The van der Waals surface area contributed by atoms with Crippen LogP contribution in [0.3, 0.4) is 0 Å². The lowest BCUT2D eigenvalue weighted by Crippen LogP contribution is -2.40. The third-order valence-electron chi connectivity index (χ3n) is 3.20. The Morgan fingerprint density at radius 3 is 2.50 bits per heavy atom. The molecule has 1 aromatic rings. The molecular weight excluding hydrogens is 290 g/mol. The van der Waals surface area contributed by atoms with Crippen LogP contribution in [0.1, 0.15) is 39.3 Å². The summed E-state index contributed by atoms with van der Waals surface area (Å²) in [5, 5.41) is 13.9. The highest BCUT2D eigenvalue weighted by molar-refractivity contribution is 5.70. The molecule has 2 rings (SSSR count). The summed E-state index contributed by atoms with van der Waals surface area (Å²) in [5.74, 6) is 0.262. The van der Waals surface area contributed by atoms with Gasteiger partial charge in [0.25, 0.3) is 5.69 Å². The van der Waals surface area contributed by atoms with Gasteiger partial charge >= 0.3 is 6.09 Å². The Hall–Kier alpha value is -2.38. The molecule has 0 spiro atoms. The van der Waals surface area contributed by atoms with Crippen LogP contribution < -0.4 is 10.1 Å². The van der Waals surface area contributed by atoms with E-state index < -0.39 is 22.2 Å². The van der Waals surface area contributed by atoms with E-state index in [0.717, 1.165) is 0 Å². The highest BCUT2D eigenvalue weighted by atomic mass is 16.6. The van der Waals surface area contributed by atoms with Gasteiger partial charge in [-0.1, -0.05) is 0 Å². The van der Waals surface area contributed by atoms with Crippen LogP contribution in [0.15, 0.2) is 12.1 Å². The minimum absolute atomic E-state index is 0.144. The quantitative estimate of drug-likeness (QED) is 0.677. The molecule has 1 aliphatic carbocycles. The molecule has 1 saturated carbocycles. The highest BCUT2D eigenvalue weighted by Crippen LogP contribution is 2.48. The molecule has 1 N–H and O–H groups in total. The number of hydrogen-bond donors (Lipinski definition) is 1. The van der Waals surface area contributed by atoms with E-state index in [4.69, 9.17) is 9.47 Å². The smallest absolute Gasteiger partial charge is 0.408 e. The molecule has 1 amide bonds. The first-order valence-electron chi connectivity index (χ1n) is 6.88. The summed E-state index contributed by atoms with van der Waals surface area (Å²) in [6, 6.07) is 2.75. The van der Waals surface area contributed by atoms with Crippen LogP contribution in [0.4, 0.5) is 10.5 Å². The van der Waals surface area contributed by atoms with Crippen LogP contribution in [0.25, 0.3) is 0 Å². The second-order valence-electron chi connectivity index (χ2n) is 6.19. The molecule has 1 fully saturated rings. The fourth-order valence-corrected chi connectivity index (χ4v) is 2.09. The predicted molar refractivity (Wildman–Crippen MR) is 77.7 cm³/mol. The van der Waals surface area contributed by atoms with Crippen molar-refractivity contribution < 1.29 is 19.2 Å². The Morgan fingerprint density at radius 1 is 1.41 bits per heavy atom. The average molecular weight is 309 g/mol. The minimum Gasteiger partial charge on any atom is -0.481 e. The molecule has 120 valence electrons. The van der Waals surface area contributed by atoms with Gasteiger partial charge in [0.05, 0.1) is 17.6 Å². The third kappa shape index (κ3) is 3.44. The number of hydrogen-bond acceptors (Lipinski definition) is 6. The van der Waals surface area contributed by atoms with Crippen LogP contribution in [0, 0.1) is 10.1 Å². The Bertz CT molecular complexity index is 605. The number of pyridine rings is 1. The number of methoxy groups -OCH3 is 1. The van der Waals surface area contributed by atoms with E-state index in [0.29, 0.717) is 12.8 Å². The van der Waals surface area contributed by atoms with Gasteiger partial charge in [-0.3, -0.25) is 10.1 Å². The molecule has 0 aromatic carbocycles. The fourth-order valence-electron chi connectivity index (χ4n) is 2.09. The lowest BCUT2D eigenvalue weighted by atomic mass is 10.1. The van der Waals surface area contributed by atoms with Gasteiger partial charge in [-0.25, -0.2) is 9.78 Å². The molecule has 1 aromatic heterocycles. The fraction of sp³-hybridized carbons (Fsp3) is 0.571. The summed E-state index contributed by atoms with van der Waals surface area (Å²) in [4.78, 5) is 26.8. The second-order valence-corrected chi connectivity index (χ2v) is 6.19. The van der Waals surface area contributed by atoms with Crippen LogP contribution >= 0.6 is 0 Å². The molecule has 22 heavy (non-hydrogen) atoms. The van der Waals surface area contributed by atoms with E-state index in [-0.39, 0.29) is 17.3 Å². The molecule has 0 bridgehead atoms. The van der Waals surface area contributed by atoms with Crippen molar-refractivity contribution in [3.05, 3.63) is 27.9 Å². The average Bonchev–Trinajstić information content (AvgIpc) is 3.16. The summed E-state index contributed by atoms with van der Waals surface area (Å²) in [6.07, 6.45) is 0.504. The Kier molecular flexibility index (Phi) is 3.95. The molecular formula is C14H19N3O5.